The monoisotopic (exact) mass is 368 g/mol. The number of hydrogen-bond acceptors (Lipinski definition) is 6. The van der Waals surface area contributed by atoms with Crippen LogP contribution in [0, 0.1) is 22.7 Å². The van der Waals surface area contributed by atoms with E-state index in [0.29, 0.717) is 0 Å². The van der Waals surface area contributed by atoms with Crippen LogP contribution in [0.25, 0.3) is 11.1 Å². The largest absolute Gasteiger partial charge is 0.431 e. The first-order valence-electron chi connectivity index (χ1n) is 6.68. The summed E-state index contributed by atoms with van der Waals surface area (Å²) in [6.45, 7) is -6.67. The van der Waals surface area contributed by atoms with E-state index in [1.165, 1.54) is 0 Å². The maximum Gasteiger partial charge on any atom is 0.387 e. The van der Waals surface area contributed by atoms with Gasteiger partial charge in [0, 0.05) is 5.56 Å². The minimum absolute atomic E-state index is 0.104. The normalized spacial score (nSPS) is 10.5. The summed E-state index contributed by atoms with van der Waals surface area (Å²) >= 11 is 0. The van der Waals surface area contributed by atoms with Crippen LogP contribution < -0.4 is 20.8 Å². The second kappa shape index (κ2) is 7.44. The summed E-state index contributed by atoms with van der Waals surface area (Å²) < 4.78 is 58.1. The third kappa shape index (κ3) is 3.67. The zero-order chi connectivity index (χ0) is 19.4. The smallest absolute Gasteiger partial charge is 0.387 e. The van der Waals surface area contributed by atoms with E-state index in [4.69, 9.17) is 11.0 Å². The van der Waals surface area contributed by atoms with Crippen molar-refractivity contribution >= 4 is 5.82 Å². The van der Waals surface area contributed by atoms with Gasteiger partial charge in [0.05, 0.1) is 0 Å². The number of nitrogens with zero attached hydrogens (tertiary/aromatic N) is 2. The Labute approximate surface area is 142 Å². The molecule has 1 aromatic heterocycles. The molecule has 0 amide bonds. The molecular formula is C15H8F4N4O3. The van der Waals surface area contributed by atoms with Crippen LogP contribution in [0.3, 0.4) is 0 Å². The zero-order valence-electron chi connectivity index (χ0n) is 12.6. The average molecular weight is 368 g/mol. The first-order valence-corrected chi connectivity index (χ1v) is 6.68. The van der Waals surface area contributed by atoms with Gasteiger partial charge in [-0.3, -0.25) is 4.79 Å². The highest BCUT2D eigenvalue weighted by Gasteiger charge is 2.21. The van der Waals surface area contributed by atoms with Crippen LogP contribution in [0.15, 0.2) is 23.0 Å². The highest BCUT2D eigenvalue weighted by Crippen LogP contribution is 2.37. The van der Waals surface area contributed by atoms with Gasteiger partial charge >= 0.3 is 13.2 Å². The molecule has 2 aromatic rings. The van der Waals surface area contributed by atoms with E-state index in [-0.39, 0.29) is 22.5 Å². The molecule has 0 atom stereocenters. The lowest BCUT2D eigenvalue weighted by molar-refractivity contribution is -0.0691. The average Bonchev–Trinajstić information content (AvgIpc) is 2.55. The summed E-state index contributed by atoms with van der Waals surface area (Å²) in [4.78, 5) is 14.0. The minimum Gasteiger partial charge on any atom is -0.431 e. The number of pyridine rings is 1. The van der Waals surface area contributed by atoms with Crippen LogP contribution in [-0.4, -0.2) is 18.2 Å². The standard InChI is InChI=1S/C15H8F4N4O3/c16-14(17)25-9-2-1-6(3-10(9)26-15(18)19)11-7(4-20)12(22)23-13(24)8(11)5-21/h1-3,14-15H,(H3,22,23,24). The third-order valence-electron chi connectivity index (χ3n) is 3.13. The Kier molecular flexibility index (Phi) is 5.33. The maximum absolute atomic E-state index is 12.5. The molecule has 2 rings (SSSR count). The van der Waals surface area contributed by atoms with E-state index < -0.39 is 35.8 Å². The predicted molar refractivity (Wildman–Crippen MR) is 79.6 cm³/mol. The highest BCUT2D eigenvalue weighted by atomic mass is 19.3. The molecule has 0 saturated carbocycles. The summed E-state index contributed by atoms with van der Waals surface area (Å²) in [5.74, 6) is -1.82. The minimum atomic E-state index is -3.36. The van der Waals surface area contributed by atoms with Gasteiger partial charge in [0.2, 0.25) is 0 Å². The first kappa shape index (κ1) is 18.6. The number of anilines is 1. The van der Waals surface area contributed by atoms with Gasteiger partial charge in [0.15, 0.2) is 11.5 Å². The molecule has 11 heteroatoms. The lowest BCUT2D eigenvalue weighted by Gasteiger charge is -2.14. The molecule has 7 nitrogen and oxygen atoms in total. The van der Waals surface area contributed by atoms with Gasteiger partial charge in [-0.15, -0.1) is 0 Å². The molecule has 0 radical (unpaired) electrons. The van der Waals surface area contributed by atoms with Crippen LogP contribution in [-0.2, 0) is 0 Å². The molecule has 1 heterocycles. The molecule has 0 saturated heterocycles. The molecular weight excluding hydrogens is 360 g/mol. The van der Waals surface area contributed by atoms with Gasteiger partial charge in [0.1, 0.15) is 29.1 Å². The SMILES string of the molecule is N#Cc1c(N)[nH]c(=O)c(C#N)c1-c1ccc(OC(F)F)c(OC(F)F)c1. The van der Waals surface area contributed by atoms with Gasteiger partial charge in [0.25, 0.3) is 5.56 Å². The first-order chi connectivity index (χ1) is 12.3. The van der Waals surface area contributed by atoms with Crippen LogP contribution in [0.2, 0.25) is 0 Å². The van der Waals surface area contributed by atoms with Crippen molar-refractivity contribution in [1.82, 2.24) is 4.98 Å². The Morgan fingerprint density at radius 3 is 2.12 bits per heavy atom. The number of nitrogens with one attached hydrogen (secondary N) is 1. The van der Waals surface area contributed by atoms with Gasteiger partial charge in [-0.2, -0.15) is 28.1 Å². The number of halogens is 4. The number of benzene rings is 1. The summed E-state index contributed by atoms with van der Waals surface area (Å²) in [7, 11) is 0. The number of hydrogen-bond donors (Lipinski definition) is 2. The molecule has 0 aliphatic heterocycles. The summed E-state index contributed by atoms with van der Waals surface area (Å²) in [6, 6.07) is 6.06. The third-order valence-corrected chi connectivity index (χ3v) is 3.13. The Hall–Kier alpha value is -3.73. The number of nitrogens with two attached hydrogens (primary N) is 1. The second-order valence-corrected chi connectivity index (χ2v) is 4.63. The summed E-state index contributed by atoms with van der Waals surface area (Å²) in [5.41, 5.74) is 3.47. The zero-order valence-corrected chi connectivity index (χ0v) is 12.6. The van der Waals surface area contributed by atoms with Crippen molar-refractivity contribution in [1.29, 1.82) is 10.5 Å². The number of H-pyrrole nitrogens is 1. The van der Waals surface area contributed by atoms with Crippen molar-refractivity contribution in [3.05, 3.63) is 39.7 Å². The molecule has 0 aliphatic rings. The van der Waals surface area contributed by atoms with Crippen molar-refractivity contribution in [2.24, 2.45) is 0 Å². The van der Waals surface area contributed by atoms with Crippen molar-refractivity contribution < 1.29 is 27.0 Å². The lowest BCUT2D eigenvalue weighted by atomic mass is 9.96. The number of alkyl halides is 4. The number of nitrogen functional groups attached to an aromatic ring is 1. The van der Waals surface area contributed by atoms with Crippen molar-refractivity contribution in [2.45, 2.75) is 13.2 Å². The van der Waals surface area contributed by atoms with E-state index in [1.807, 2.05) is 0 Å². The topological polar surface area (TPSA) is 125 Å². The van der Waals surface area contributed by atoms with E-state index in [1.54, 1.807) is 12.1 Å². The van der Waals surface area contributed by atoms with E-state index in [2.05, 4.69) is 14.5 Å². The Bertz CT molecular complexity index is 977. The Morgan fingerprint density at radius 1 is 1.00 bits per heavy atom. The van der Waals surface area contributed by atoms with E-state index in [0.717, 1.165) is 18.2 Å². The molecule has 134 valence electrons. The Balaban J connectivity index is 2.76. The molecule has 0 bridgehead atoms. The van der Waals surface area contributed by atoms with Crippen LogP contribution >= 0.6 is 0 Å². The number of rotatable bonds is 5. The van der Waals surface area contributed by atoms with Gasteiger partial charge in [-0.25, -0.2) is 0 Å². The molecule has 0 spiro atoms. The summed E-state index contributed by atoms with van der Waals surface area (Å²) in [6.07, 6.45) is 0. The van der Waals surface area contributed by atoms with E-state index in [9.17, 15) is 27.6 Å². The fraction of sp³-hybridized carbons (Fsp3) is 0.133. The molecule has 1 aromatic carbocycles. The molecule has 0 aliphatic carbocycles. The van der Waals surface area contributed by atoms with Crippen LogP contribution in [0.1, 0.15) is 11.1 Å². The highest BCUT2D eigenvalue weighted by molar-refractivity contribution is 5.81. The molecule has 0 fully saturated rings. The molecule has 3 N–H and O–H groups in total. The fourth-order valence-electron chi connectivity index (χ4n) is 2.18. The maximum atomic E-state index is 12.5. The fourth-order valence-corrected chi connectivity index (χ4v) is 2.18. The quantitative estimate of drug-likeness (QED) is 0.782. The summed E-state index contributed by atoms with van der Waals surface area (Å²) in [5, 5.41) is 18.4. The van der Waals surface area contributed by atoms with Crippen molar-refractivity contribution in [2.75, 3.05) is 5.73 Å². The van der Waals surface area contributed by atoms with Crippen LogP contribution in [0.4, 0.5) is 23.4 Å². The molecule has 0 unspecified atom stereocenters. The van der Waals surface area contributed by atoms with Gasteiger partial charge in [-0.05, 0) is 17.7 Å². The number of aromatic nitrogens is 1. The van der Waals surface area contributed by atoms with E-state index >= 15 is 0 Å². The number of nitriles is 2. The van der Waals surface area contributed by atoms with Crippen LogP contribution in [0.5, 0.6) is 11.5 Å². The predicted octanol–water partition coefficient (Wildman–Crippen LogP) is 2.57. The molecule has 26 heavy (non-hydrogen) atoms. The van der Waals surface area contributed by atoms with Crippen molar-refractivity contribution in [3.63, 3.8) is 0 Å². The van der Waals surface area contributed by atoms with Crippen molar-refractivity contribution in [3.8, 4) is 34.8 Å². The van der Waals surface area contributed by atoms with Gasteiger partial charge < -0.3 is 20.2 Å². The number of ether oxygens (including phenoxy) is 2. The van der Waals surface area contributed by atoms with Gasteiger partial charge in [-0.1, -0.05) is 6.07 Å². The second-order valence-electron chi connectivity index (χ2n) is 4.63. The Morgan fingerprint density at radius 2 is 1.58 bits per heavy atom. The lowest BCUT2D eigenvalue weighted by Crippen LogP contribution is -2.16. The number of aromatic amines is 1.